The van der Waals surface area contributed by atoms with Crippen molar-refractivity contribution >= 4 is 5.97 Å². The Labute approximate surface area is 184 Å². The van der Waals surface area contributed by atoms with Crippen LogP contribution in [0, 0.1) is 0 Å². The van der Waals surface area contributed by atoms with Crippen LogP contribution in [0.15, 0.2) is 60.8 Å². The Bertz CT molecular complexity index is 404. The van der Waals surface area contributed by atoms with Crippen molar-refractivity contribution in [2.45, 2.75) is 58.3 Å². The summed E-state index contributed by atoms with van der Waals surface area (Å²) in [5, 5.41) is 10.1. The first-order chi connectivity index (χ1) is 10.8. The van der Waals surface area contributed by atoms with Crippen molar-refractivity contribution in [1.29, 1.82) is 0 Å². The topological polar surface area (TPSA) is 40.1 Å². The van der Waals surface area contributed by atoms with E-state index in [0.717, 1.165) is 12.5 Å². The number of carboxylic acids is 1. The van der Waals surface area contributed by atoms with Crippen molar-refractivity contribution in [2.75, 3.05) is 0 Å². The Hall–Kier alpha value is -0.194. The first-order valence-corrected chi connectivity index (χ1v) is 8.31. The predicted octanol–water partition coefficient (Wildman–Crippen LogP) is 1.66. The maximum absolute atomic E-state index is 10.1. The molecular weight excluding hydrogens is 311 g/mol. The Morgan fingerprint density at radius 2 is 1.22 bits per heavy atom. The van der Waals surface area contributed by atoms with Crippen LogP contribution in [0.2, 0.25) is 0 Å². The fraction of sp³-hybridized carbons (Fsp3) is 0.450. The van der Waals surface area contributed by atoms with E-state index in [2.05, 4.69) is 19.1 Å². The van der Waals surface area contributed by atoms with Crippen LogP contribution < -0.4 is 56.5 Å². The molecule has 0 radical (unpaired) electrons. The summed E-state index contributed by atoms with van der Waals surface area (Å²) >= 11 is 0. The monoisotopic (exact) mass is 340 g/mol. The molecule has 0 aromatic heterocycles. The number of hydrogen-bond donors (Lipinski definition) is 0. The molecule has 23 heavy (non-hydrogen) atoms. The van der Waals surface area contributed by atoms with Gasteiger partial charge < -0.3 is 9.90 Å². The van der Waals surface area contributed by atoms with Crippen LogP contribution in [-0.2, 0) is 4.79 Å². The van der Waals surface area contributed by atoms with Gasteiger partial charge in [0.1, 0.15) is 0 Å². The summed E-state index contributed by atoms with van der Waals surface area (Å²) in [6.45, 7) is 2.25. The summed E-state index contributed by atoms with van der Waals surface area (Å²) in [6, 6.07) is 0. The minimum absolute atomic E-state index is 0. The molecule has 2 nitrogen and oxygen atoms in total. The molecule has 3 heteroatoms. The second kappa shape index (κ2) is 21.8. The average molecular weight is 341 g/mol. The van der Waals surface area contributed by atoms with Gasteiger partial charge in [-0.3, -0.25) is 0 Å². The van der Waals surface area contributed by atoms with E-state index in [1.807, 2.05) is 24.3 Å². The fourth-order valence-electron chi connectivity index (χ4n) is 1.91. The van der Waals surface area contributed by atoms with Gasteiger partial charge in [-0.2, -0.15) is 0 Å². The van der Waals surface area contributed by atoms with Crippen molar-refractivity contribution in [3.63, 3.8) is 0 Å². The molecule has 0 aromatic rings. The fourth-order valence-corrected chi connectivity index (χ4v) is 1.91. The molecule has 0 unspecified atom stereocenters. The Balaban J connectivity index is 0. The van der Waals surface area contributed by atoms with Gasteiger partial charge in [0.05, 0.1) is 5.97 Å². The van der Waals surface area contributed by atoms with Crippen LogP contribution in [0.4, 0.5) is 0 Å². The Morgan fingerprint density at radius 3 is 1.78 bits per heavy atom. The van der Waals surface area contributed by atoms with Crippen LogP contribution in [0.3, 0.4) is 0 Å². The van der Waals surface area contributed by atoms with Crippen LogP contribution in [-0.4, -0.2) is 5.97 Å². The van der Waals surface area contributed by atoms with Crippen molar-refractivity contribution in [2.24, 2.45) is 0 Å². The van der Waals surface area contributed by atoms with E-state index >= 15 is 0 Å². The van der Waals surface area contributed by atoms with E-state index in [0.29, 0.717) is 0 Å². The normalized spacial score (nSPS) is 12.2. The second-order valence-electron chi connectivity index (χ2n) is 5.17. The van der Waals surface area contributed by atoms with Gasteiger partial charge in [-0.05, 0) is 18.9 Å². The minimum atomic E-state index is -1.18. The summed E-state index contributed by atoms with van der Waals surface area (Å²) in [4.78, 5) is 10.1. The summed E-state index contributed by atoms with van der Waals surface area (Å²) in [5.74, 6) is -1.18. The summed E-state index contributed by atoms with van der Waals surface area (Å²) in [7, 11) is 0. The number of hydrogen-bond acceptors (Lipinski definition) is 2. The Morgan fingerprint density at radius 1 is 0.739 bits per heavy atom. The summed E-state index contributed by atoms with van der Waals surface area (Å²) in [5.41, 5.74) is 0. The van der Waals surface area contributed by atoms with Gasteiger partial charge in [-0.25, -0.2) is 0 Å². The average Bonchev–Trinajstić information content (AvgIpc) is 2.50. The maximum Gasteiger partial charge on any atom is 1.00 e. The Kier molecular flexibility index (Phi) is 23.8. The molecule has 0 bridgehead atoms. The number of unbranched alkanes of at least 4 members (excludes halogenated alkanes) is 7. The molecule has 0 rings (SSSR count). The van der Waals surface area contributed by atoms with Crippen molar-refractivity contribution in [3.05, 3.63) is 60.8 Å². The van der Waals surface area contributed by atoms with Crippen LogP contribution in [0.5, 0.6) is 0 Å². The quantitative estimate of drug-likeness (QED) is 0.221. The molecule has 0 aliphatic rings. The third kappa shape index (κ3) is 24.2. The molecule has 0 aliphatic carbocycles. The molecule has 0 heterocycles. The van der Waals surface area contributed by atoms with Gasteiger partial charge >= 0.3 is 51.4 Å². The SMILES string of the molecule is CCCCCCCCC/C=C/C=C/C=C/C=C/C=C/C(=O)[O-].[K+]. The molecule has 0 N–H and O–H groups in total. The summed E-state index contributed by atoms with van der Waals surface area (Å²) < 4.78 is 0. The van der Waals surface area contributed by atoms with Crippen LogP contribution in [0.25, 0.3) is 0 Å². The molecule has 0 atom stereocenters. The zero-order valence-corrected chi connectivity index (χ0v) is 17.9. The minimum Gasteiger partial charge on any atom is -0.545 e. The van der Waals surface area contributed by atoms with Gasteiger partial charge in [0.2, 0.25) is 0 Å². The van der Waals surface area contributed by atoms with Gasteiger partial charge in [-0.1, -0.05) is 100 Å². The number of carboxylic acid groups (broad SMARTS) is 1. The largest absolute Gasteiger partial charge is 1.00 e. The van der Waals surface area contributed by atoms with E-state index < -0.39 is 5.97 Å². The molecule has 0 aromatic carbocycles. The van der Waals surface area contributed by atoms with E-state index in [9.17, 15) is 9.90 Å². The zero-order valence-electron chi connectivity index (χ0n) is 14.7. The van der Waals surface area contributed by atoms with Gasteiger partial charge in [-0.15, -0.1) is 0 Å². The van der Waals surface area contributed by atoms with Crippen molar-refractivity contribution in [1.82, 2.24) is 0 Å². The van der Waals surface area contributed by atoms with Gasteiger partial charge in [0, 0.05) is 0 Å². The smallest absolute Gasteiger partial charge is 0.545 e. The second-order valence-corrected chi connectivity index (χ2v) is 5.17. The first-order valence-electron chi connectivity index (χ1n) is 8.31. The molecular formula is C20H29KO2. The zero-order chi connectivity index (χ0) is 16.3. The molecule has 0 saturated carbocycles. The first kappa shape index (κ1) is 25.1. The number of carbonyl (C=O) groups excluding carboxylic acids is 1. The van der Waals surface area contributed by atoms with Gasteiger partial charge in [0.25, 0.3) is 0 Å². The molecule has 0 fully saturated rings. The third-order valence-electron chi connectivity index (χ3n) is 3.12. The van der Waals surface area contributed by atoms with E-state index in [4.69, 9.17) is 0 Å². The van der Waals surface area contributed by atoms with E-state index in [1.165, 1.54) is 51.0 Å². The number of aliphatic carboxylic acids is 1. The molecule has 122 valence electrons. The van der Waals surface area contributed by atoms with Crippen molar-refractivity contribution in [3.8, 4) is 0 Å². The standard InChI is InChI=1S/C20H30O2.K/c1-2-3-4-5-6-7-8-9-10-11-12-13-14-15-16-17-18-19-20(21)22;/h10-19H,2-9H2,1H3,(H,21,22);/q;+1/p-1/b11-10+,13-12+,15-14+,17-16+,19-18+;. The van der Waals surface area contributed by atoms with Crippen LogP contribution >= 0.6 is 0 Å². The van der Waals surface area contributed by atoms with E-state index in [1.54, 1.807) is 12.2 Å². The number of rotatable bonds is 13. The summed E-state index contributed by atoms with van der Waals surface area (Å²) in [6.07, 6.45) is 28.4. The van der Waals surface area contributed by atoms with E-state index in [-0.39, 0.29) is 51.4 Å². The number of carbonyl (C=O) groups is 1. The molecule has 0 spiro atoms. The maximum atomic E-state index is 10.1. The molecule has 0 saturated heterocycles. The van der Waals surface area contributed by atoms with Gasteiger partial charge in [0.15, 0.2) is 0 Å². The molecule has 0 amide bonds. The molecule has 0 aliphatic heterocycles. The predicted molar refractivity (Wildman–Crippen MR) is 93.3 cm³/mol. The van der Waals surface area contributed by atoms with Crippen LogP contribution in [0.1, 0.15) is 58.3 Å². The van der Waals surface area contributed by atoms with Crippen molar-refractivity contribution < 1.29 is 61.3 Å². The number of allylic oxidation sites excluding steroid dienone is 9. The third-order valence-corrected chi connectivity index (χ3v) is 3.12.